The van der Waals surface area contributed by atoms with E-state index >= 15 is 0 Å². The van der Waals surface area contributed by atoms with Crippen LogP contribution in [0.1, 0.15) is 53.4 Å². The van der Waals surface area contributed by atoms with E-state index in [0.29, 0.717) is 18.1 Å². The van der Waals surface area contributed by atoms with Crippen LogP contribution in [-0.2, 0) is 9.59 Å². The van der Waals surface area contributed by atoms with Crippen LogP contribution in [0.4, 0.5) is 0 Å². The highest BCUT2D eigenvalue weighted by molar-refractivity contribution is 5.92. The molecule has 0 aliphatic heterocycles. The topological polar surface area (TPSA) is 34.1 Å². The first-order valence-corrected chi connectivity index (χ1v) is 6.65. The lowest BCUT2D eigenvalue weighted by Crippen LogP contribution is -2.22. The third-order valence-electron chi connectivity index (χ3n) is 3.78. The van der Waals surface area contributed by atoms with E-state index in [1.54, 1.807) is 6.08 Å². The van der Waals surface area contributed by atoms with E-state index in [1.807, 2.05) is 13.8 Å². The zero-order valence-corrected chi connectivity index (χ0v) is 11.5. The molecule has 0 radical (unpaired) electrons. The Morgan fingerprint density at radius 2 is 1.82 bits per heavy atom. The summed E-state index contributed by atoms with van der Waals surface area (Å²) in [6, 6.07) is 0. The first-order chi connectivity index (χ1) is 7.91. The standard InChI is InChI=1S/C15H24O2/c1-10(2)13-7-6-12(4)14(16)8-5-11(3)9-15(13)17/h9-10,12-13H,5-8H2,1-4H3/b11-9-/t12-,13+/m0/s1. The van der Waals surface area contributed by atoms with Gasteiger partial charge in [-0.2, -0.15) is 0 Å². The second-order valence-electron chi connectivity index (χ2n) is 5.69. The fourth-order valence-electron chi connectivity index (χ4n) is 2.38. The summed E-state index contributed by atoms with van der Waals surface area (Å²) in [7, 11) is 0. The van der Waals surface area contributed by atoms with Crippen molar-refractivity contribution in [3.05, 3.63) is 11.6 Å². The van der Waals surface area contributed by atoms with Crippen LogP contribution >= 0.6 is 0 Å². The van der Waals surface area contributed by atoms with Crippen LogP contribution in [0, 0.1) is 17.8 Å². The van der Waals surface area contributed by atoms with Gasteiger partial charge in [0.25, 0.3) is 0 Å². The lowest BCUT2D eigenvalue weighted by atomic mass is 9.82. The molecular formula is C15H24O2. The molecule has 0 aromatic heterocycles. The molecular weight excluding hydrogens is 212 g/mol. The number of carbonyl (C=O) groups is 2. The Labute approximate surface area is 104 Å². The molecule has 0 aromatic rings. The molecule has 1 aliphatic rings. The quantitative estimate of drug-likeness (QED) is 0.697. The van der Waals surface area contributed by atoms with Gasteiger partial charge in [0.15, 0.2) is 5.78 Å². The van der Waals surface area contributed by atoms with Crippen molar-refractivity contribution in [2.24, 2.45) is 17.8 Å². The number of hydrogen-bond acceptors (Lipinski definition) is 2. The van der Waals surface area contributed by atoms with Gasteiger partial charge in [0.1, 0.15) is 5.78 Å². The lowest BCUT2D eigenvalue weighted by Gasteiger charge is -2.21. The minimum atomic E-state index is 0.0818. The van der Waals surface area contributed by atoms with Crippen molar-refractivity contribution >= 4 is 11.6 Å². The highest BCUT2D eigenvalue weighted by atomic mass is 16.1. The van der Waals surface area contributed by atoms with Gasteiger partial charge in [-0.1, -0.05) is 26.3 Å². The fourth-order valence-corrected chi connectivity index (χ4v) is 2.38. The number of Topliss-reactive ketones (excluding diaryl/α,β-unsaturated/α-hetero) is 1. The Morgan fingerprint density at radius 1 is 1.18 bits per heavy atom. The SMILES string of the molecule is C/C1=C/C(=O)[C@@H](C(C)C)CC[C@H](C)C(=O)CC1. The molecule has 2 nitrogen and oxygen atoms in total. The fraction of sp³-hybridized carbons (Fsp3) is 0.733. The second kappa shape index (κ2) is 6.13. The normalized spacial score (nSPS) is 31.2. The van der Waals surface area contributed by atoms with Crippen LogP contribution in [-0.4, -0.2) is 11.6 Å². The maximum absolute atomic E-state index is 12.1. The summed E-state index contributed by atoms with van der Waals surface area (Å²) in [5.74, 6) is 1.13. The number of allylic oxidation sites excluding steroid dienone is 2. The predicted molar refractivity (Wildman–Crippen MR) is 69.7 cm³/mol. The smallest absolute Gasteiger partial charge is 0.158 e. The molecule has 0 fully saturated rings. The molecule has 2 atom stereocenters. The molecule has 0 saturated carbocycles. The summed E-state index contributed by atoms with van der Waals surface area (Å²) in [6.45, 7) is 8.12. The van der Waals surface area contributed by atoms with Crippen LogP contribution in [0.15, 0.2) is 11.6 Å². The lowest BCUT2D eigenvalue weighted by molar-refractivity contribution is -0.124. The van der Waals surface area contributed by atoms with Gasteiger partial charge in [-0.25, -0.2) is 0 Å². The molecule has 0 unspecified atom stereocenters. The van der Waals surface area contributed by atoms with Gasteiger partial charge in [0.2, 0.25) is 0 Å². The van der Waals surface area contributed by atoms with Gasteiger partial charge in [0, 0.05) is 18.3 Å². The largest absolute Gasteiger partial charge is 0.299 e. The Morgan fingerprint density at radius 3 is 2.41 bits per heavy atom. The average molecular weight is 236 g/mol. The van der Waals surface area contributed by atoms with Gasteiger partial charge in [-0.3, -0.25) is 9.59 Å². The molecule has 96 valence electrons. The van der Waals surface area contributed by atoms with Crippen molar-refractivity contribution in [1.29, 1.82) is 0 Å². The summed E-state index contributed by atoms with van der Waals surface area (Å²) >= 11 is 0. The Hall–Kier alpha value is -0.920. The number of carbonyl (C=O) groups excluding carboxylic acids is 2. The van der Waals surface area contributed by atoms with Crippen LogP contribution < -0.4 is 0 Å². The summed E-state index contributed by atoms with van der Waals surface area (Å²) < 4.78 is 0. The van der Waals surface area contributed by atoms with Crippen LogP contribution in [0.3, 0.4) is 0 Å². The maximum Gasteiger partial charge on any atom is 0.158 e. The second-order valence-corrected chi connectivity index (χ2v) is 5.69. The van der Waals surface area contributed by atoms with Crippen molar-refractivity contribution in [3.8, 4) is 0 Å². The van der Waals surface area contributed by atoms with Crippen molar-refractivity contribution in [2.75, 3.05) is 0 Å². The molecule has 0 bridgehead atoms. The van der Waals surface area contributed by atoms with Gasteiger partial charge < -0.3 is 0 Å². The molecule has 0 aromatic carbocycles. The molecule has 0 saturated heterocycles. The van der Waals surface area contributed by atoms with Crippen molar-refractivity contribution in [3.63, 3.8) is 0 Å². The summed E-state index contributed by atoms with van der Waals surface area (Å²) in [6.07, 6.45) is 4.77. The van der Waals surface area contributed by atoms with E-state index in [1.165, 1.54) is 0 Å². The summed E-state index contributed by atoms with van der Waals surface area (Å²) in [5, 5.41) is 0. The zero-order chi connectivity index (χ0) is 13.0. The molecule has 2 heteroatoms. The average Bonchev–Trinajstić information content (AvgIpc) is 2.24. The van der Waals surface area contributed by atoms with Gasteiger partial charge >= 0.3 is 0 Å². The number of ketones is 2. The van der Waals surface area contributed by atoms with E-state index in [-0.39, 0.29) is 17.6 Å². The number of rotatable bonds is 1. The highest BCUT2D eigenvalue weighted by Gasteiger charge is 2.24. The van der Waals surface area contributed by atoms with Gasteiger partial charge in [-0.15, -0.1) is 0 Å². The number of hydrogen-bond donors (Lipinski definition) is 0. The van der Waals surface area contributed by atoms with E-state index in [4.69, 9.17) is 0 Å². The molecule has 0 N–H and O–H groups in total. The van der Waals surface area contributed by atoms with E-state index in [9.17, 15) is 9.59 Å². The van der Waals surface area contributed by atoms with Crippen LogP contribution in [0.5, 0.6) is 0 Å². The van der Waals surface area contributed by atoms with Crippen LogP contribution in [0.2, 0.25) is 0 Å². The third-order valence-corrected chi connectivity index (χ3v) is 3.78. The zero-order valence-electron chi connectivity index (χ0n) is 11.5. The molecule has 0 spiro atoms. The molecule has 1 aliphatic carbocycles. The Bertz CT molecular complexity index is 326. The van der Waals surface area contributed by atoms with E-state index < -0.39 is 0 Å². The van der Waals surface area contributed by atoms with Crippen molar-refractivity contribution in [2.45, 2.75) is 53.4 Å². The molecule has 0 amide bonds. The van der Waals surface area contributed by atoms with Gasteiger partial charge in [-0.05, 0) is 38.2 Å². The van der Waals surface area contributed by atoms with Crippen molar-refractivity contribution < 1.29 is 9.59 Å². The molecule has 1 rings (SSSR count). The Balaban J connectivity index is 2.88. The monoisotopic (exact) mass is 236 g/mol. The summed E-state index contributed by atoms with van der Waals surface area (Å²) in [5.41, 5.74) is 1.04. The molecule has 0 heterocycles. The third kappa shape index (κ3) is 4.10. The highest BCUT2D eigenvalue weighted by Crippen LogP contribution is 2.25. The Kier molecular flexibility index (Phi) is 5.10. The van der Waals surface area contributed by atoms with Gasteiger partial charge in [0.05, 0.1) is 0 Å². The predicted octanol–water partition coefficient (Wildman–Crippen LogP) is 3.55. The maximum atomic E-state index is 12.1. The minimum Gasteiger partial charge on any atom is -0.299 e. The summed E-state index contributed by atoms with van der Waals surface area (Å²) in [4.78, 5) is 23.9. The van der Waals surface area contributed by atoms with E-state index in [0.717, 1.165) is 24.8 Å². The first kappa shape index (κ1) is 14.1. The molecule has 17 heavy (non-hydrogen) atoms. The minimum absolute atomic E-state index is 0.0818. The van der Waals surface area contributed by atoms with E-state index in [2.05, 4.69) is 13.8 Å². The van der Waals surface area contributed by atoms with Crippen molar-refractivity contribution in [1.82, 2.24) is 0 Å². The first-order valence-electron chi connectivity index (χ1n) is 6.65. The van der Waals surface area contributed by atoms with Crippen LogP contribution in [0.25, 0.3) is 0 Å².